The molecule has 0 saturated carbocycles. The predicted molar refractivity (Wildman–Crippen MR) is 80.3 cm³/mol. The van der Waals surface area contributed by atoms with E-state index >= 15 is 0 Å². The molecule has 0 aromatic heterocycles. The van der Waals surface area contributed by atoms with Gasteiger partial charge in [0.25, 0.3) is 0 Å². The fraction of sp³-hybridized carbons (Fsp3) is 0.438. The van der Waals surface area contributed by atoms with Crippen molar-refractivity contribution in [1.82, 2.24) is 0 Å². The Morgan fingerprint density at radius 2 is 2.05 bits per heavy atom. The molecule has 0 radical (unpaired) electrons. The van der Waals surface area contributed by atoms with Crippen molar-refractivity contribution in [2.75, 3.05) is 12.4 Å². The molecule has 1 aromatic rings. The zero-order valence-electron chi connectivity index (χ0n) is 12.4. The predicted octanol–water partition coefficient (Wildman–Crippen LogP) is 1.97. The van der Waals surface area contributed by atoms with Crippen LogP contribution >= 0.6 is 0 Å². The lowest BCUT2D eigenvalue weighted by Gasteiger charge is -2.24. The summed E-state index contributed by atoms with van der Waals surface area (Å²) >= 11 is 0. The second-order valence-electron chi connectivity index (χ2n) is 5.11. The van der Waals surface area contributed by atoms with Gasteiger partial charge in [-0.25, -0.2) is 0 Å². The summed E-state index contributed by atoms with van der Waals surface area (Å²) in [5.74, 6) is 0.143. The van der Waals surface area contributed by atoms with Crippen LogP contribution in [0, 0.1) is 5.92 Å². The molecule has 2 N–H and O–H groups in total. The van der Waals surface area contributed by atoms with Crippen molar-refractivity contribution in [3.8, 4) is 5.75 Å². The number of carbonyl (C=O) groups is 1. The number of cyclic esters (lactones) is 1. The summed E-state index contributed by atoms with van der Waals surface area (Å²) in [5.41, 5.74) is 0.851. The van der Waals surface area contributed by atoms with Gasteiger partial charge >= 0.3 is 5.97 Å². The number of rotatable bonds is 5. The zero-order chi connectivity index (χ0) is 15.4. The van der Waals surface area contributed by atoms with E-state index in [-0.39, 0.29) is 17.9 Å². The van der Waals surface area contributed by atoms with Crippen LogP contribution in [0.1, 0.15) is 13.8 Å². The van der Waals surface area contributed by atoms with Crippen LogP contribution in [0.25, 0.3) is 0 Å². The van der Waals surface area contributed by atoms with E-state index in [2.05, 4.69) is 5.32 Å². The maximum absolute atomic E-state index is 11.8. The Hall–Kier alpha value is -2.01. The monoisotopic (exact) mass is 291 g/mol. The van der Waals surface area contributed by atoms with Crippen LogP contribution < -0.4 is 10.1 Å². The molecule has 2 rings (SSSR count). The average molecular weight is 291 g/mol. The molecule has 0 spiro atoms. The fourth-order valence-corrected chi connectivity index (χ4v) is 2.42. The molecule has 1 aliphatic rings. The van der Waals surface area contributed by atoms with Gasteiger partial charge in [-0.3, -0.25) is 4.79 Å². The van der Waals surface area contributed by atoms with Crippen LogP contribution in [0.15, 0.2) is 36.4 Å². The van der Waals surface area contributed by atoms with Gasteiger partial charge in [0.15, 0.2) is 6.10 Å². The highest BCUT2D eigenvalue weighted by molar-refractivity contribution is 5.76. The molecule has 0 unspecified atom stereocenters. The van der Waals surface area contributed by atoms with E-state index in [1.807, 2.05) is 31.2 Å². The molecule has 0 amide bonds. The topological polar surface area (TPSA) is 67.8 Å². The lowest BCUT2D eigenvalue weighted by Crippen LogP contribution is -2.40. The Morgan fingerprint density at radius 1 is 1.38 bits per heavy atom. The first-order valence-electron chi connectivity index (χ1n) is 6.98. The van der Waals surface area contributed by atoms with Crippen LogP contribution in [0.5, 0.6) is 5.75 Å². The number of benzene rings is 1. The van der Waals surface area contributed by atoms with Crippen molar-refractivity contribution < 1.29 is 19.4 Å². The van der Waals surface area contributed by atoms with Crippen LogP contribution in [-0.4, -0.2) is 36.4 Å². The summed E-state index contributed by atoms with van der Waals surface area (Å²) in [7, 11) is 1.61. The van der Waals surface area contributed by atoms with Gasteiger partial charge in [0.05, 0.1) is 19.1 Å². The molecular weight excluding hydrogens is 270 g/mol. The summed E-state index contributed by atoms with van der Waals surface area (Å²) in [4.78, 5) is 11.8. The van der Waals surface area contributed by atoms with Gasteiger partial charge in [-0.2, -0.15) is 0 Å². The van der Waals surface area contributed by atoms with Gasteiger partial charge in [0.2, 0.25) is 0 Å². The minimum absolute atomic E-state index is 0.280. The van der Waals surface area contributed by atoms with E-state index in [1.54, 1.807) is 26.2 Å². The lowest BCUT2D eigenvalue weighted by molar-refractivity contribution is -0.146. The summed E-state index contributed by atoms with van der Waals surface area (Å²) in [6, 6.07) is 7.13. The Bertz CT molecular complexity index is 512. The first-order chi connectivity index (χ1) is 10.1. The molecular formula is C16H21NO4. The molecule has 114 valence electrons. The molecule has 1 aliphatic heterocycles. The number of hydrogen-bond donors (Lipinski definition) is 2. The maximum atomic E-state index is 11.8. The summed E-state index contributed by atoms with van der Waals surface area (Å²) in [6.45, 7) is 3.61. The zero-order valence-corrected chi connectivity index (χ0v) is 12.4. The van der Waals surface area contributed by atoms with Crippen molar-refractivity contribution in [3.63, 3.8) is 0 Å². The second-order valence-corrected chi connectivity index (χ2v) is 5.11. The molecule has 1 heterocycles. The number of aliphatic hydroxyl groups excluding tert-OH is 1. The minimum atomic E-state index is -0.820. The standard InChI is InChI=1S/C16H21NO4/c1-4-5-13(18)15-14(10(2)16(19)21-15)17-11-6-8-12(20-3)9-7-11/h4-10,13-15,17-18H,1-3H3/b5-4+/t10-,13-,14+,15+/m0/s1. The number of esters is 1. The van der Waals surface area contributed by atoms with E-state index < -0.39 is 12.2 Å². The highest BCUT2D eigenvalue weighted by atomic mass is 16.6. The third-order valence-electron chi connectivity index (χ3n) is 3.67. The number of anilines is 1. The molecule has 5 heteroatoms. The van der Waals surface area contributed by atoms with E-state index in [4.69, 9.17) is 9.47 Å². The molecule has 5 nitrogen and oxygen atoms in total. The smallest absolute Gasteiger partial charge is 0.311 e. The van der Waals surface area contributed by atoms with Crippen molar-refractivity contribution in [1.29, 1.82) is 0 Å². The van der Waals surface area contributed by atoms with E-state index in [0.717, 1.165) is 11.4 Å². The number of nitrogens with one attached hydrogen (secondary N) is 1. The number of hydrogen-bond acceptors (Lipinski definition) is 5. The van der Waals surface area contributed by atoms with Crippen LogP contribution in [-0.2, 0) is 9.53 Å². The third kappa shape index (κ3) is 3.36. The lowest BCUT2D eigenvalue weighted by atomic mass is 9.96. The fourth-order valence-electron chi connectivity index (χ4n) is 2.42. The second kappa shape index (κ2) is 6.63. The quantitative estimate of drug-likeness (QED) is 0.641. The van der Waals surface area contributed by atoms with E-state index in [1.165, 1.54) is 0 Å². The van der Waals surface area contributed by atoms with Crippen LogP contribution in [0.3, 0.4) is 0 Å². The minimum Gasteiger partial charge on any atom is -0.497 e. The Balaban J connectivity index is 2.15. The SMILES string of the molecule is C/C=C/[C@H](O)[C@H]1OC(=O)[C@@H](C)[C@H]1Nc1ccc(OC)cc1. The molecule has 0 aliphatic carbocycles. The summed E-state index contributed by atoms with van der Waals surface area (Å²) in [6.07, 6.45) is 1.95. The average Bonchev–Trinajstić information content (AvgIpc) is 2.77. The molecule has 1 saturated heterocycles. The van der Waals surface area contributed by atoms with E-state index in [0.29, 0.717) is 0 Å². The normalized spacial score (nSPS) is 26.7. The summed E-state index contributed by atoms with van der Waals surface area (Å²) in [5, 5.41) is 13.4. The highest BCUT2D eigenvalue weighted by Crippen LogP contribution is 2.28. The third-order valence-corrected chi connectivity index (χ3v) is 3.67. The number of ether oxygens (including phenoxy) is 2. The van der Waals surface area contributed by atoms with Crippen LogP contribution in [0.2, 0.25) is 0 Å². The number of carbonyl (C=O) groups excluding carboxylic acids is 1. The van der Waals surface area contributed by atoms with Gasteiger partial charge in [0.1, 0.15) is 11.9 Å². The van der Waals surface area contributed by atoms with Crippen molar-refractivity contribution >= 4 is 11.7 Å². The van der Waals surface area contributed by atoms with Crippen LogP contribution in [0.4, 0.5) is 5.69 Å². The number of methoxy groups -OCH3 is 1. The maximum Gasteiger partial charge on any atom is 0.311 e. The first kappa shape index (κ1) is 15.4. The van der Waals surface area contributed by atoms with Gasteiger partial charge in [-0.05, 0) is 38.1 Å². The van der Waals surface area contributed by atoms with Crippen molar-refractivity contribution in [2.45, 2.75) is 32.1 Å². The van der Waals surface area contributed by atoms with E-state index in [9.17, 15) is 9.90 Å². The van der Waals surface area contributed by atoms with Gasteiger partial charge in [-0.1, -0.05) is 12.2 Å². The number of aliphatic hydroxyl groups is 1. The first-order valence-corrected chi connectivity index (χ1v) is 6.98. The molecule has 21 heavy (non-hydrogen) atoms. The molecule has 4 atom stereocenters. The van der Waals surface area contributed by atoms with Gasteiger partial charge < -0.3 is 19.9 Å². The highest BCUT2D eigenvalue weighted by Gasteiger charge is 2.44. The van der Waals surface area contributed by atoms with Crippen molar-refractivity contribution in [2.24, 2.45) is 5.92 Å². The Morgan fingerprint density at radius 3 is 2.62 bits per heavy atom. The molecule has 1 aromatic carbocycles. The van der Waals surface area contributed by atoms with Gasteiger partial charge in [-0.15, -0.1) is 0 Å². The largest absolute Gasteiger partial charge is 0.497 e. The van der Waals surface area contributed by atoms with Crippen molar-refractivity contribution in [3.05, 3.63) is 36.4 Å². The van der Waals surface area contributed by atoms with Gasteiger partial charge in [0, 0.05) is 5.69 Å². The molecule has 0 bridgehead atoms. The Kier molecular flexibility index (Phi) is 4.85. The molecule has 1 fully saturated rings. The Labute approximate surface area is 124 Å². The summed E-state index contributed by atoms with van der Waals surface area (Å²) < 4.78 is 10.4. The number of allylic oxidation sites excluding steroid dienone is 1.